The molecule has 74 valence electrons. The molecular formula is C11H15N3. The van der Waals surface area contributed by atoms with E-state index in [1.165, 1.54) is 5.69 Å². The van der Waals surface area contributed by atoms with E-state index < -0.39 is 0 Å². The molecule has 0 saturated carbocycles. The van der Waals surface area contributed by atoms with Crippen LogP contribution in [0.25, 0.3) is 5.65 Å². The maximum Gasteiger partial charge on any atom is 0.137 e. The molecule has 2 N–H and O–H groups in total. The molecule has 0 radical (unpaired) electrons. The summed E-state index contributed by atoms with van der Waals surface area (Å²) in [6.45, 7) is 4.16. The molecule has 3 heteroatoms. The van der Waals surface area contributed by atoms with Gasteiger partial charge >= 0.3 is 0 Å². The molecule has 2 aromatic rings. The molecule has 3 nitrogen and oxygen atoms in total. The Labute approximate surface area is 83.6 Å². The maximum atomic E-state index is 6.01. The lowest BCUT2D eigenvalue weighted by molar-refractivity contribution is 0.665. The van der Waals surface area contributed by atoms with E-state index in [9.17, 15) is 0 Å². The molecule has 0 spiro atoms. The minimum atomic E-state index is 0.0751. The average molecular weight is 189 g/mol. The summed E-state index contributed by atoms with van der Waals surface area (Å²) in [4.78, 5) is 4.33. The number of aryl methyl sites for hydroxylation is 1. The predicted octanol–water partition coefficient (Wildman–Crippen LogP) is 2.05. The van der Waals surface area contributed by atoms with E-state index in [0.717, 1.165) is 17.8 Å². The molecule has 2 aromatic heterocycles. The van der Waals surface area contributed by atoms with Crippen molar-refractivity contribution in [2.24, 2.45) is 5.73 Å². The first-order valence-electron chi connectivity index (χ1n) is 4.92. The lowest BCUT2D eigenvalue weighted by Gasteiger charge is -2.10. The van der Waals surface area contributed by atoms with E-state index in [0.29, 0.717) is 0 Å². The van der Waals surface area contributed by atoms with Gasteiger partial charge in [0.05, 0.1) is 11.9 Å². The van der Waals surface area contributed by atoms with Crippen LogP contribution < -0.4 is 5.73 Å². The van der Waals surface area contributed by atoms with Crippen molar-refractivity contribution in [2.75, 3.05) is 0 Å². The first-order valence-corrected chi connectivity index (χ1v) is 4.92. The van der Waals surface area contributed by atoms with Gasteiger partial charge < -0.3 is 5.73 Å². The molecule has 0 aliphatic carbocycles. The quantitative estimate of drug-likeness (QED) is 0.785. The second kappa shape index (κ2) is 3.42. The van der Waals surface area contributed by atoms with Crippen molar-refractivity contribution in [3.8, 4) is 0 Å². The molecule has 14 heavy (non-hydrogen) atoms. The summed E-state index contributed by atoms with van der Waals surface area (Å²) < 4.78 is 2.12. The molecule has 0 amide bonds. The van der Waals surface area contributed by atoms with E-state index in [1.54, 1.807) is 0 Å². The van der Waals surface area contributed by atoms with E-state index in [2.05, 4.69) is 29.3 Å². The van der Waals surface area contributed by atoms with Crippen molar-refractivity contribution in [1.29, 1.82) is 0 Å². The summed E-state index contributed by atoms with van der Waals surface area (Å²) in [6, 6.07) is 6.16. The number of nitrogens with two attached hydrogens (primary N) is 1. The third-order valence-corrected chi connectivity index (χ3v) is 2.57. The van der Waals surface area contributed by atoms with Gasteiger partial charge in [0.25, 0.3) is 0 Å². The van der Waals surface area contributed by atoms with Gasteiger partial charge in [-0.3, -0.25) is 4.40 Å². The van der Waals surface area contributed by atoms with E-state index in [4.69, 9.17) is 5.73 Å². The van der Waals surface area contributed by atoms with Gasteiger partial charge in [-0.05, 0) is 25.5 Å². The second-order valence-corrected chi connectivity index (χ2v) is 3.56. The SMILES string of the molecule is CCC(N)c1cnc2cccc(C)n12. The summed E-state index contributed by atoms with van der Waals surface area (Å²) in [6.07, 6.45) is 2.80. The number of rotatable bonds is 2. The highest BCUT2D eigenvalue weighted by atomic mass is 15.0. The predicted molar refractivity (Wildman–Crippen MR) is 57.1 cm³/mol. The minimum absolute atomic E-state index is 0.0751. The molecular weight excluding hydrogens is 174 g/mol. The lowest BCUT2D eigenvalue weighted by Crippen LogP contribution is -2.12. The number of aromatic nitrogens is 2. The van der Waals surface area contributed by atoms with Crippen molar-refractivity contribution >= 4 is 5.65 Å². The van der Waals surface area contributed by atoms with E-state index in [-0.39, 0.29) is 6.04 Å². The third kappa shape index (κ3) is 1.30. The van der Waals surface area contributed by atoms with Gasteiger partial charge in [0.15, 0.2) is 0 Å². The van der Waals surface area contributed by atoms with E-state index in [1.807, 2.05) is 18.3 Å². The van der Waals surface area contributed by atoms with Gasteiger partial charge in [0.2, 0.25) is 0 Å². The number of nitrogens with zero attached hydrogens (tertiary/aromatic N) is 2. The van der Waals surface area contributed by atoms with Crippen molar-refractivity contribution < 1.29 is 0 Å². The Morgan fingerprint density at radius 2 is 2.29 bits per heavy atom. The standard InChI is InChI=1S/C11H15N3/c1-3-9(12)10-7-13-11-6-4-5-8(2)14(10)11/h4-7,9H,3,12H2,1-2H3. The fourth-order valence-corrected chi connectivity index (χ4v) is 1.70. The first kappa shape index (κ1) is 9.21. The fraction of sp³-hybridized carbons (Fsp3) is 0.364. The van der Waals surface area contributed by atoms with Gasteiger partial charge in [0.1, 0.15) is 5.65 Å². The molecule has 1 atom stereocenters. The minimum Gasteiger partial charge on any atom is -0.323 e. The van der Waals surface area contributed by atoms with Crippen LogP contribution in [-0.2, 0) is 0 Å². The molecule has 0 saturated heterocycles. The Balaban J connectivity index is 2.67. The Bertz CT molecular complexity index is 445. The van der Waals surface area contributed by atoms with Gasteiger partial charge in [-0.1, -0.05) is 13.0 Å². The summed E-state index contributed by atoms with van der Waals surface area (Å²) in [5, 5.41) is 0. The van der Waals surface area contributed by atoms with Crippen molar-refractivity contribution in [3.05, 3.63) is 35.8 Å². The number of hydrogen-bond donors (Lipinski definition) is 1. The van der Waals surface area contributed by atoms with Gasteiger partial charge in [-0.25, -0.2) is 4.98 Å². The molecule has 1 unspecified atom stereocenters. The number of imidazole rings is 1. The molecule has 0 aliphatic rings. The summed E-state index contributed by atoms with van der Waals surface area (Å²) in [5.74, 6) is 0. The Hall–Kier alpha value is -1.35. The summed E-state index contributed by atoms with van der Waals surface area (Å²) in [5.41, 5.74) is 9.27. The zero-order valence-corrected chi connectivity index (χ0v) is 8.57. The Morgan fingerprint density at radius 1 is 1.50 bits per heavy atom. The van der Waals surface area contributed by atoms with Crippen LogP contribution in [0.5, 0.6) is 0 Å². The van der Waals surface area contributed by atoms with Gasteiger partial charge in [-0.2, -0.15) is 0 Å². The van der Waals surface area contributed by atoms with Crippen molar-refractivity contribution in [2.45, 2.75) is 26.3 Å². The molecule has 2 rings (SSSR count). The average Bonchev–Trinajstić information content (AvgIpc) is 2.62. The maximum absolute atomic E-state index is 6.01. The fourth-order valence-electron chi connectivity index (χ4n) is 1.70. The number of fused-ring (bicyclic) bond motifs is 1. The molecule has 0 aromatic carbocycles. The van der Waals surface area contributed by atoms with Gasteiger partial charge in [0, 0.05) is 11.7 Å². The third-order valence-electron chi connectivity index (χ3n) is 2.57. The van der Waals surface area contributed by atoms with Crippen molar-refractivity contribution in [3.63, 3.8) is 0 Å². The van der Waals surface area contributed by atoms with Crippen LogP contribution in [0.15, 0.2) is 24.4 Å². The number of hydrogen-bond acceptors (Lipinski definition) is 2. The molecule has 0 bridgehead atoms. The largest absolute Gasteiger partial charge is 0.323 e. The number of pyridine rings is 1. The van der Waals surface area contributed by atoms with Crippen molar-refractivity contribution in [1.82, 2.24) is 9.38 Å². The topological polar surface area (TPSA) is 43.3 Å². The summed E-state index contributed by atoms with van der Waals surface area (Å²) in [7, 11) is 0. The monoisotopic (exact) mass is 189 g/mol. The molecule has 2 heterocycles. The van der Waals surface area contributed by atoms with Gasteiger partial charge in [-0.15, -0.1) is 0 Å². The lowest BCUT2D eigenvalue weighted by atomic mass is 10.2. The zero-order chi connectivity index (χ0) is 10.1. The highest BCUT2D eigenvalue weighted by Gasteiger charge is 2.10. The van der Waals surface area contributed by atoms with Crippen LogP contribution in [0.3, 0.4) is 0 Å². The normalized spacial score (nSPS) is 13.4. The van der Waals surface area contributed by atoms with E-state index >= 15 is 0 Å². The summed E-state index contributed by atoms with van der Waals surface area (Å²) >= 11 is 0. The zero-order valence-electron chi connectivity index (χ0n) is 8.57. The van der Waals surface area contributed by atoms with Crippen LogP contribution in [0, 0.1) is 6.92 Å². The van der Waals surface area contributed by atoms with Crippen LogP contribution in [0.2, 0.25) is 0 Å². The first-order chi connectivity index (χ1) is 6.74. The smallest absolute Gasteiger partial charge is 0.137 e. The highest BCUT2D eigenvalue weighted by Crippen LogP contribution is 2.17. The Morgan fingerprint density at radius 3 is 3.00 bits per heavy atom. The van der Waals surface area contributed by atoms with Crippen LogP contribution >= 0.6 is 0 Å². The highest BCUT2D eigenvalue weighted by molar-refractivity contribution is 5.42. The molecule has 0 aliphatic heterocycles. The van der Waals surface area contributed by atoms with Crippen LogP contribution in [0.1, 0.15) is 30.8 Å². The Kier molecular flexibility index (Phi) is 2.25. The molecule has 0 fully saturated rings. The van der Waals surface area contributed by atoms with Crippen LogP contribution in [0.4, 0.5) is 0 Å². The second-order valence-electron chi connectivity index (χ2n) is 3.56. The van der Waals surface area contributed by atoms with Crippen LogP contribution in [-0.4, -0.2) is 9.38 Å².